The molecule has 0 radical (unpaired) electrons. The molecule has 5 nitrogen and oxygen atoms in total. The van der Waals surface area contributed by atoms with Crippen LogP contribution in [0.3, 0.4) is 0 Å². The van der Waals surface area contributed by atoms with Gasteiger partial charge in [-0.3, -0.25) is 9.69 Å². The Hall–Kier alpha value is -1.36. The van der Waals surface area contributed by atoms with Gasteiger partial charge >= 0.3 is 5.97 Å². The van der Waals surface area contributed by atoms with Crippen LogP contribution in [0.2, 0.25) is 0 Å². The van der Waals surface area contributed by atoms with Crippen LogP contribution in [0.25, 0.3) is 0 Å². The number of carbonyl (C=O) groups is 2. The zero-order valence-corrected chi connectivity index (χ0v) is 11.8. The highest BCUT2D eigenvalue weighted by Gasteiger charge is 2.12. The van der Waals surface area contributed by atoms with Crippen molar-refractivity contribution >= 4 is 11.9 Å². The molecule has 1 N–H and O–H groups in total. The molecule has 0 aromatic rings. The first-order valence-corrected chi connectivity index (χ1v) is 6.34. The molecule has 1 amide bonds. The van der Waals surface area contributed by atoms with Crippen LogP contribution in [-0.4, -0.2) is 60.0 Å². The summed E-state index contributed by atoms with van der Waals surface area (Å²) in [5, 5.41) is 8.87. The Balaban J connectivity index is 4.30. The summed E-state index contributed by atoms with van der Waals surface area (Å²) >= 11 is 0. The molecule has 0 heterocycles. The van der Waals surface area contributed by atoms with Gasteiger partial charge < -0.3 is 10.0 Å². The fraction of sp³-hybridized carbons (Fsp3) is 0.692. The number of carbonyl (C=O) groups excluding carboxylic acids is 1. The van der Waals surface area contributed by atoms with E-state index in [2.05, 4.69) is 0 Å². The van der Waals surface area contributed by atoms with Gasteiger partial charge in [0.2, 0.25) is 5.91 Å². The van der Waals surface area contributed by atoms with Gasteiger partial charge in [-0.25, -0.2) is 4.79 Å². The van der Waals surface area contributed by atoms with Crippen molar-refractivity contribution in [2.75, 3.05) is 33.2 Å². The summed E-state index contributed by atoms with van der Waals surface area (Å²) in [6, 6.07) is 0. The van der Waals surface area contributed by atoms with Crippen molar-refractivity contribution in [2.24, 2.45) is 0 Å². The van der Waals surface area contributed by atoms with Crippen LogP contribution < -0.4 is 0 Å². The third kappa shape index (κ3) is 5.82. The molecule has 0 bridgehead atoms. The van der Waals surface area contributed by atoms with Gasteiger partial charge in [0.15, 0.2) is 0 Å². The van der Waals surface area contributed by atoms with Crippen molar-refractivity contribution < 1.29 is 14.7 Å². The molecule has 0 aromatic carbocycles. The van der Waals surface area contributed by atoms with Crippen molar-refractivity contribution in [3.63, 3.8) is 0 Å². The number of rotatable bonds is 8. The second-order valence-corrected chi connectivity index (χ2v) is 4.15. The van der Waals surface area contributed by atoms with Crippen LogP contribution in [0.5, 0.6) is 0 Å². The minimum Gasteiger partial charge on any atom is -0.478 e. The standard InChI is InChI=1S/C13H24N2O3/c1-5-11(13(17)18)8-9-14(4)10-12(16)15(6-2)7-3/h8H,5-7,9-10H2,1-4H3,(H,17,18). The van der Waals surface area contributed by atoms with Crippen LogP contribution in [0.15, 0.2) is 11.6 Å². The summed E-state index contributed by atoms with van der Waals surface area (Å²) in [6.07, 6.45) is 2.16. The largest absolute Gasteiger partial charge is 0.478 e. The number of hydrogen-bond acceptors (Lipinski definition) is 3. The van der Waals surface area contributed by atoms with E-state index in [1.807, 2.05) is 25.8 Å². The Bertz CT molecular complexity index is 309. The van der Waals surface area contributed by atoms with Crippen LogP contribution >= 0.6 is 0 Å². The Morgan fingerprint density at radius 1 is 1.17 bits per heavy atom. The second-order valence-electron chi connectivity index (χ2n) is 4.15. The zero-order chi connectivity index (χ0) is 14.1. The van der Waals surface area contributed by atoms with E-state index >= 15 is 0 Å². The predicted molar refractivity (Wildman–Crippen MR) is 71.4 cm³/mol. The van der Waals surface area contributed by atoms with E-state index in [0.29, 0.717) is 38.2 Å². The molecule has 0 aliphatic rings. The number of nitrogens with zero attached hydrogens (tertiary/aromatic N) is 2. The lowest BCUT2D eigenvalue weighted by Gasteiger charge is -2.22. The van der Waals surface area contributed by atoms with Crippen molar-refractivity contribution in [1.29, 1.82) is 0 Å². The van der Waals surface area contributed by atoms with Gasteiger partial charge in [0.1, 0.15) is 0 Å². The molecule has 0 rings (SSSR count). The highest BCUT2D eigenvalue weighted by Crippen LogP contribution is 2.01. The molecule has 0 spiro atoms. The molecule has 0 unspecified atom stereocenters. The van der Waals surface area contributed by atoms with Crippen LogP contribution in [0.1, 0.15) is 27.2 Å². The maximum atomic E-state index is 11.8. The molecular weight excluding hydrogens is 232 g/mol. The van der Waals surface area contributed by atoms with Gasteiger partial charge in [-0.05, 0) is 27.3 Å². The number of hydrogen-bond donors (Lipinski definition) is 1. The van der Waals surface area contributed by atoms with E-state index in [1.54, 1.807) is 17.9 Å². The molecule has 0 aromatic heterocycles. The van der Waals surface area contributed by atoms with Gasteiger partial charge in [0, 0.05) is 25.2 Å². The number of aliphatic carboxylic acids is 1. The fourth-order valence-electron chi connectivity index (χ4n) is 1.62. The minimum atomic E-state index is -0.888. The van der Waals surface area contributed by atoms with E-state index in [0.717, 1.165) is 0 Å². The topological polar surface area (TPSA) is 60.9 Å². The average Bonchev–Trinajstić information content (AvgIpc) is 2.30. The first-order chi connectivity index (χ1) is 8.46. The van der Waals surface area contributed by atoms with Gasteiger partial charge in [-0.1, -0.05) is 13.0 Å². The molecule has 0 aliphatic heterocycles. The molecule has 18 heavy (non-hydrogen) atoms. The Morgan fingerprint density at radius 2 is 1.72 bits per heavy atom. The lowest BCUT2D eigenvalue weighted by atomic mass is 10.2. The lowest BCUT2D eigenvalue weighted by Crippen LogP contribution is -2.38. The normalized spacial score (nSPS) is 11.7. The molecule has 0 saturated carbocycles. The van der Waals surface area contributed by atoms with Crippen molar-refractivity contribution in [3.8, 4) is 0 Å². The SMILES string of the molecule is CCC(=CCN(C)CC(=O)N(CC)CC)C(=O)O. The summed E-state index contributed by atoms with van der Waals surface area (Å²) in [5.41, 5.74) is 0.386. The fourth-order valence-corrected chi connectivity index (χ4v) is 1.62. The Labute approximate surface area is 109 Å². The van der Waals surface area contributed by atoms with E-state index in [-0.39, 0.29) is 5.91 Å². The van der Waals surface area contributed by atoms with Gasteiger partial charge in [0.25, 0.3) is 0 Å². The first-order valence-electron chi connectivity index (χ1n) is 6.34. The molecule has 0 atom stereocenters. The number of likely N-dealkylation sites (N-methyl/N-ethyl adjacent to an activating group) is 2. The van der Waals surface area contributed by atoms with Crippen molar-refractivity contribution in [1.82, 2.24) is 9.80 Å². The van der Waals surface area contributed by atoms with E-state index in [1.165, 1.54) is 0 Å². The maximum Gasteiger partial charge on any atom is 0.331 e. The zero-order valence-electron chi connectivity index (χ0n) is 11.8. The maximum absolute atomic E-state index is 11.8. The minimum absolute atomic E-state index is 0.0734. The third-order valence-electron chi connectivity index (χ3n) is 2.83. The molecule has 0 fully saturated rings. The molecule has 5 heteroatoms. The summed E-state index contributed by atoms with van der Waals surface area (Å²) < 4.78 is 0. The molecule has 0 aliphatic carbocycles. The van der Waals surface area contributed by atoms with Crippen LogP contribution in [-0.2, 0) is 9.59 Å². The third-order valence-corrected chi connectivity index (χ3v) is 2.83. The monoisotopic (exact) mass is 256 g/mol. The van der Waals surface area contributed by atoms with Crippen molar-refractivity contribution in [2.45, 2.75) is 27.2 Å². The summed E-state index contributed by atoms with van der Waals surface area (Å²) in [7, 11) is 1.81. The smallest absolute Gasteiger partial charge is 0.331 e. The summed E-state index contributed by atoms with van der Waals surface area (Å²) in [4.78, 5) is 26.2. The first kappa shape index (κ1) is 16.6. The molecule has 0 saturated heterocycles. The predicted octanol–water partition coefficient (Wildman–Crippen LogP) is 1.21. The van der Waals surface area contributed by atoms with E-state index in [4.69, 9.17) is 5.11 Å². The van der Waals surface area contributed by atoms with Crippen molar-refractivity contribution in [3.05, 3.63) is 11.6 Å². The number of amides is 1. The number of carboxylic acid groups (broad SMARTS) is 1. The Kier molecular flexibility index (Phi) is 8.03. The van der Waals surface area contributed by atoms with Gasteiger partial charge in [-0.15, -0.1) is 0 Å². The average molecular weight is 256 g/mol. The van der Waals surface area contributed by atoms with Gasteiger partial charge in [-0.2, -0.15) is 0 Å². The highest BCUT2D eigenvalue weighted by molar-refractivity contribution is 5.86. The van der Waals surface area contributed by atoms with E-state index < -0.39 is 5.97 Å². The summed E-state index contributed by atoms with van der Waals surface area (Å²) in [6.45, 7) is 7.89. The molecular formula is C13H24N2O3. The van der Waals surface area contributed by atoms with Crippen LogP contribution in [0, 0.1) is 0 Å². The summed E-state index contributed by atoms with van der Waals surface area (Å²) in [5.74, 6) is -0.815. The highest BCUT2D eigenvalue weighted by atomic mass is 16.4. The van der Waals surface area contributed by atoms with E-state index in [9.17, 15) is 9.59 Å². The number of carboxylic acids is 1. The Morgan fingerprint density at radius 3 is 2.11 bits per heavy atom. The van der Waals surface area contributed by atoms with Crippen LogP contribution in [0.4, 0.5) is 0 Å². The lowest BCUT2D eigenvalue weighted by molar-refractivity contribution is -0.133. The second kappa shape index (κ2) is 8.69. The van der Waals surface area contributed by atoms with Gasteiger partial charge in [0.05, 0.1) is 6.54 Å². The molecule has 104 valence electrons. The quantitative estimate of drug-likeness (QED) is 0.663.